The van der Waals surface area contributed by atoms with Crippen LogP contribution in [0.25, 0.3) is 0 Å². The molecular weight excluding hydrogens is 363 g/mol. The van der Waals surface area contributed by atoms with Crippen LogP contribution in [0.1, 0.15) is 23.9 Å². The Kier molecular flexibility index (Phi) is 4.15. The molecule has 2 amide bonds. The lowest BCUT2D eigenvalue weighted by Crippen LogP contribution is -2.24. The molecule has 0 spiro atoms. The highest BCUT2D eigenvalue weighted by Crippen LogP contribution is 2.36. The van der Waals surface area contributed by atoms with Gasteiger partial charge in [-0.05, 0) is 25.1 Å². The zero-order chi connectivity index (χ0) is 18.4. The molecule has 1 aromatic heterocycles. The Morgan fingerprint density at radius 1 is 1.44 bits per heavy atom. The van der Waals surface area contributed by atoms with Gasteiger partial charge in [0.05, 0.1) is 17.0 Å². The van der Waals surface area contributed by atoms with Crippen LogP contribution in [0.3, 0.4) is 0 Å². The highest BCUT2D eigenvalue weighted by molar-refractivity contribution is 6.31. The first-order valence-corrected chi connectivity index (χ1v) is 7.43. The van der Waals surface area contributed by atoms with Crippen LogP contribution < -0.4 is 10.6 Å². The Hall–Kier alpha value is -2.62. The van der Waals surface area contributed by atoms with Gasteiger partial charge in [-0.25, -0.2) is 4.68 Å². The third kappa shape index (κ3) is 3.43. The summed E-state index contributed by atoms with van der Waals surface area (Å²) in [6, 6.07) is 2.11. The second kappa shape index (κ2) is 6.03. The maximum Gasteiger partial charge on any atom is 0.417 e. The Labute approximate surface area is 144 Å². The molecule has 7 nitrogen and oxygen atoms in total. The Morgan fingerprint density at radius 3 is 2.84 bits per heavy atom. The summed E-state index contributed by atoms with van der Waals surface area (Å²) in [4.78, 5) is 28.0. The van der Waals surface area contributed by atoms with Crippen molar-refractivity contribution in [2.24, 2.45) is 0 Å². The van der Waals surface area contributed by atoms with Gasteiger partial charge in [-0.15, -0.1) is 0 Å². The van der Waals surface area contributed by atoms with E-state index in [2.05, 4.69) is 20.7 Å². The van der Waals surface area contributed by atoms with E-state index in [0.717, 1.165) is 12.1 Å². The van der Waals surface area contributed by atoms with Crippen molar-refractivity contribution in [3.63, 3.8) is 0 Å². The number of hydrogen-bond donors (Lipinski definition) is 2. The van der Waals surface area contributed by atoms with E-state index in [-0.39, 0.29) is 18.1 Å². The molecule has 2 heterocycles. The summed E-state index contributed by atoms with van der Waals surface area (Å²) in [6.07, 6.45) is -4.94. The van der Waals surface area contributed by atoms with Crippen molar-refractivity contribution in [3.05, 3.63) is 34.6 Å². The number of aromatic nitrogens is 3. The van der Waals surface area contributed by atoms with Crippen molar-refractivity contribution in [2.75, 3.05) is 10.6 Å². The predicted octanol–water partition coefficient (Wildman–Crippen LogP) is 2.78. The van der Waals surface area contributed by atoms with Crippen molar-refractivity contribution in [3.8, 4) is 0 Å². The average Bonchev–Trinajstić information content (AvgIpc) is 2.97. The van der Waals surface area contributed by atoms with Crippen LogP contribution in [-0.2, 0) is 15.8 Å². The zero-order valence-corrected chi connectivity index (χ0v) is 13.4. The highest BCUT2D eigenvalue weighted by atomic mass is 35.5. The summed E-state index contributed by atoms with van der Waals surface area (Å²) < 4.78 is 39.8. The van der Waals surface area contributed by atoms with Gasteiger partial charge in [0.1, 0.15) is 11.9 Å². The number of carbonyl (C=O) groups excluding carboxylic acids is 2. The number of rotatable bonds is 3. The molecular formula is C14H11ClF3N5O2. The SMILES string of the molecule is Cc1nc2n(n1)[C@H](CC(=O)Nc1ccc(Cl)c(C(F)(F)F)c1)C(=O)N2. The Balaban J connectivity index is 1.74. The largest absolute Gasteiger partial charge is 0.417 e. The van der Waals surface area contributed by atoms with E-state index >= 15 is 0 Å². The second-order valence-corrected chi connectivity index (χ2v) is 5.78. The third-order valence-electron chi connectivity index (χ3n) is 3.50. The van der Waals surface area contributed by atoms with Crippen LogP contribution >= 0.6 is 11.6 Å². The van der Waals surface area contributed by atoms with Gasteiger partial charge in [-0.3, -0.25) is 14.9 Å². The fourth-order valence-electron chi connectivity index (χ4n) is 2.42. The topological polar surface area (TPSA) is 88.9 Å². The van der Waals surface area contributed by atoms with E-state index in [1.165, 1.54) is 10.7 Å². The van der Waals surface area contributed by atoms with E-state index in [9.17, 15) is 22.8 Å². The minimum Gasteiger partial charge on any atom is -0.326 e. The zero-order valence-electron chi connectivity index (χ0n) is 12.7. The lowest BCUT2D eigenvalue weighted by atomic mass is 10.1. The van der Waals surface area contributed by atoms with E-state index in [1.54, 1.807) is 6.92 Å². The van der Waals surface area contributed by atoms with Gasteiger partial charge in [0, 0.05) is 5.69 Å². The average molecular weight is 374 g/mol. The van der Waals surface area contributed by atoms with Gasteiger partial charge in [-0.2, -0.15) is 23.3 Å². The van der Waals surface area contributed by atoms with Crippen molar-refractivity contribution in [1.29, 1.82) is 0 Å². The van der Waals surface area contributed by atoms with Gasteiger partial charge >= 0.3 is 6.18 Å². The van der Waals surface area contributed by atoms with E-state index < -0.39 is 34.6 Å². The van der Waals surface area contributed by atoms with Crippen LogP contribution in [0, 0.1) is 6.92 Å². The number of carbonyl (C=O) groups is 2. The van der Waals surface area contributed by atoms with Crippen LogP contribution in [0.5, 0.6) is 0 Å². The minimum atomic E-state index is -4.64. The molecule has 0 unspecified atom stereocenters. The van der Waals surface area contributed by atoms with Crippen LogP contribution in [0.15, 0.2) is 18.2 Å². The fourth-order valence-corrected chi connectivity index (χ4v) is 2.65. The first kappa shape index (κ1) is 17.2. The molecule has 0 fully saturated rings. The number of nitrogens with one attached hydrogen (secondary N) is 2. The number of hydrogen-bond acceptors (Lipinski definition) is 4. The van der Waals surface area contributed by atoms with E-state index in [0.29, 0.717) is 5.82 Å². The molecule has 132 valence electrons. The van der Waals surface area contributed by atoms with Gasteiger partial charge < -0.3 is 5.32 Å². The van der Waals surface area contributed by atoms with Crippen molar-refractivity contribution < 1.29 is 22.8 Å². The van der Waals surface area contributed by atoms with E-state index in [1.807, 2.05) is 0 Å². The number of halogens is 4. The molecule has 25 heavy (non-hydrogen) atoms. The Bertz CT molecular complexity index is 865. The normalized spacial score (nSPS) is 16.5. The summed E-state index contributed by atoms with van der Waals surface area (Å²) in [5, 5.41) is 8.35. The predicted molar refractivity (Wildman–Crippen MR) is 82.1 cm³/mol. The van der Waals surface area contributed by atoms with Crippen LogP contribution in [0.2, 0.25) is 5.02 Å². The minimum absolute atomic E-state index is 0.0740. The smallest absolute Gasteiger partial charge is 0.326 e. The number of fused-ring (bicyclic) bond motifs is 1. The van der Waals surface area contributed by atoms with Crippen molar-refractivity contribution in [2.45, 2.75) is 25.6 Å². The lowest BCUT2D eigenvalue weighted by molar-refractivity contribution is -0.137. The summed E-state index contributed by atoms with van der Waals surface area (Å²) in [7, 11) is 0. The lowest BCUT2D eigenvalue weighted by Gasteiger charge is -2.13. The maximum absolute atomic E-state index is 12.8. The fraction of sp³-hybridized carbons (Fsp3) is 0.286. The summed E-state index contributed by atoms with van der Waals surface area (Å²) in [5.74, 6) is -0.451. The molecule has 1 aliphatic rings. The second-order valence-electron chi connectivity index (χ2n) is 5.38. The molecule has 0 bridgehead atoms. The van der Waals surface area contributed by atoms with Crippen LogP contribution in [-0.4, -0.2) is 26.6 Å². The molecule has 0 saturated carbocycles. The standard InChI is InChI=1S/C14H11ClF3N5O2/c1-6-19-13-21-12(25)10(23(13)22-6)5-11(24)20-7-2-3-9(15)8(4-7)14(16,17)18/h2-4,10H,5H2,1H3,(H,20,24)(H,19,21,22,25)/t10-/m1/s1. The number of nitrogens with zero attached hydrogens (tertiary/aromatic N) is 3. The molecule has 2 N–H and O–H groups in total. The molecule has 0 saturated heterocycles. The Morgan fingerprint density at radius 2 is 2.16 bits per heavy atom. The number of aryl methyl sites for hydroxylation is 1. The van der Waals surface area contributed by atoms with Gasteiger partial charge in [0.15, 0.2) is 0 Å². The first-order chi connectivity index (χ1) is 11.6. The van der Waals surface area contributed by atoms with Crippen molar-refractivity contribution in [1.82, 2.24) is 14.8 Å². The first-order valence-electron chi connectivity index (χ1n) is 7.06. The highest BCUT2D eigenvalue weighted by Gasteiger charge is 2.35. The number of anilines is 2. The molecule has 1 aromatic carbocycles. The maximum atomic E-state index is 12.8. The van der Waals surface area contributed by atoms with E-state index in [4.69, 9.17) is 11.6 Å². The molecule has 1 atom stereocenters. The third-order valence-corrected chi connectivity index (χ3v) is 3.83. The summed E-state index contributed by atoms with van der Waals surface area (Å²) in [5.41, 5.74) is -1.13. The molecule has 2 aromatic rings. The summed E-state index contributed by atoms with van der Waals surface area (Å²) in [6.45, 7) is 1.63. The number of alkyl halides is 3. The molecule has 0 aliphatic carbocycles. The molecule has 1 aliphatic heterocycles. The van der Waals surface area contributed by atoms with Gasteiger partial charge in [0.2, 0.25) is 11.9 Å². The quantitative estimate of drug-likeness (QED) is 0.865. The molecule has 11 heteroatoms. The monoisotopic (exact) mass is 373 g/mol. The molecule has 3 rings (SSSR count). The number of amides is 2. The van der Waals surface area contributed by atoms with Crippen LogP contribution in [0.4, 0.5) is 24.8 Å². The van der Waals surface area contributed by atoms with Gasteiger partial charge in [0.25, 0.3) is 5.91 Å². The molecule has 0 radical (unpaired) electrons. The number of benzene rings is 1. The summed E-state index contributed by atoms with van der Waals surface area (Å²) >= 11 is 5.53. The van der Waals surface area contributed by atoms with Crippen molar-refractivity contribution >= 4 is 35.1 Å². The van der Waals surface area contributed by atoms with Gasteiger partial charge in [-0.1, -0.05) is 11.6 Å².